The Morgan fingerprint density at radius 2 is 2.12 bits per heavy atom. The molecule has 1 rings (SSSR count). The normalized spacial score (nSPS) is 9.76. The first kappa shape index (κ1) is 13.2. The predicted octanol–water partition coefficient (Wildman–Crippen LogP) is 1.61. The minimum atomic E-state index is -0.240. The van der Waals surface area contributed by atoms with Gasteiger partial charge in [0, 0.05) is 12.5 Å². The van der Waals surface area contributed by atoms with Crippen molar-refractivity contribution < 1.29 is 19.0 Å². The monoisotopic (exact) mass is 239 g/mol. The highest BCUT2D eigenvalue weighted by atomic mass is 16.5. The van der Waals surface area contributed by atoms with Crippen LogP contribution in [-0.4, -0.2) is 26.8 Å². The quantitative estimate of drug-likeness (QED) is 0.464. The van der Waals surface area contributed by atoms with E-state index in [4.69, 9.17) is 15.2 Å². The van der Waals surface area contributed by atoms with Crippen molar-refractivity contribution in [2.75, 3.05) is 26.6 Å². The highest BCUT2D eigenvalue weighted by molar-refractivity contribution is 5.69. The lowest BCUT2D eigenvalue weighted by molar-refractivity contribution is -0.140. The second-order valence-corrected chi connectivity index (χ2v) is 3.43. The molecule has 0 aliphatic heterocycles. The number of esters is 1. The molecule has 17 heavy (non-hydrogen) atoms. The van der Waals surface area contributed by atoms with Crippen molar-refractivity contribution in [2.24, 2.45) is 0 Å². The van der Waals surface area contributed by atoms with Crippen LogP contribution in [0.25, 0.3) is 0 Å². The molecular formula is C12H17NO4. The molecule has 0 amide bonds. The molecule has 5 nitrogen and oxygen atoms in total. The minimum Gasteiger partial charge on any atom is -0.497 e. The first-order valence-corrected chi connectivity index (χ1v) is 5.30. The summed E-state index contributed by atoms with van der Waals surface area (Å²) in [5, 5.41) is 0. The van der Waals surface area contributed by atoms with E-state index in [2.05, 4.69) is 4.74 Å². The van der Waals surface area contributed by atoms with Gasteiger partial charge in [-0.15, -0.1) is 0 Å². The van der Waals surface area contributed by atoms with Crippen LogP contribution in [0.15, 0.2) is 18.2 Å². The van der Waals surface area contributed by atoms with E-state index < -0.39 is 0 Å². The summed E-state index contributed by atoms with van der Waals surface area (Å²) in [6.07, 6.45) is 0.935. The zero-order valence-corrected chi connectivity index (χ0v) is 10.1. The van der Waals surface area contributed by atoms with Gasteiger partial charge in [-0.05, 0) is 18.6 Å². The third-order valence-electron chi connectivity index (χ3n) is 2.23. The molecule has 0 heterocycles. The van der Waals surface area contributed by atoms with E-state index >= 15 is 0 Å². The standard InChI is InChI=1S/C12H17NO4/c1-15-9-5-6-11(10(13)8-9)17-7-3-4-12(14)16-2/h5-6,8H,3-4,7,13H2,1-2H3. The van der Waals surface area contributed by atoms with Crippen molar-refractivity contribution in [2.45, 2.75) is 12.8 Å². The maximum atomic E-state index is 10.9. The topological polar surface area (TPSA) is 70.8 Å². The fourth-order valence-electron chi connectivity index (χ4n) is 1.29. The molecule has 2 N–H and O–H groups in total. The molecule has 0 atom stereocenters. The number of rotatable bonds is 6. The third kappa shape index (κ3) is 4.22. The second kappa shape index (κ2) is 6.62. The van der Waals surface area contributed by atoms with Gasteiger partial charge >= 0.3 is 5.97 Å². The van der Waals surface area contributed by atoms with E-state index in [-0.39, 0.29) is 5.97 Å². The van der Waals surface area contributed by atoms with Crippen LogP contribution < -0.4 is 15.2 Å². The lowest BCUT2D eigenvalue weighted by atomic mass is 10.3. The Kier molecular flexibility index (Phi) is 5.13. The summed E-state index contributed by atoms with van der Waals surface area (Å²) in [5.41, 5.74) is 6.28. The van der Waals surface area contributed by atoms with Crippen LogP contribution in [0.4, 0.5) is 5.69 Å². The minimum absolute atomic E-state index is 0.240. The van der Waals surface area contributed by atoms with Gasteiger partial charge in [-0.1, -0.05) is 0 Å². The molecule has 0 spiro atoms. The maximum absolute atomic E-state index is 10.9. The third-order valence-corrected chi connectivity index (χ3v) is 2.23. The van der Waals surface area contributed by atoms with Crippen molar-refractivity contribution in [3.05, 3.63) is 18.2 Å². The Bertz CT molecular complexity index is 379. The van der Waals surface area contributed by atoms with Crippen LogP contribution in [0.5, 0.6) is 11.5 Å². The lowest BCUT2D eigenvalue weighted by Gasteiger charge is -2.09. The fraction of sp³-hybridized carbons (Fsp3) is 0.417. The van der Waals surface area contributed by atoms with Gasteiger partial charge in [0.1, 0.15) is 11.5 Å². The van der Waals surface area contributed by atoms with Crippen molar-refractivity contribution >= 4 is 11.7 Å². The van der Waals surface area contributed by atoms with E-state index in [9.17, 15) is 4.79 Å². The zero-order valence-electron chi connectivity index (χ0n) is 10.1. The molecule has 0 aromatic heterocycles. The molecule has 0 saturated heterocycles. The SMILES string of the molecule is COC(=O)CCCOc1ccc(OC)cc1N. The maximum Gasteiger partial charge on any atom is 0.305 e. The van der Waals surface area contributed by atoms with E-state index in [1.807, 2.05) is 0 Å². The number of ether oxygens (including phenoxy) is 3. The van der Waals surface area contributed by atoms with E-state index in [0.29, 0.717) is 36.6 Å². The molecular weight excluding hydrogens is 222 g/mol. The summed E-state index contributed by atoms with van der Waals surface area (Å²) in [7, 11) is 2.94. The summed E-state index contributed by atoms with van der Waals surface area (Å²) < 4.78 is 15.0. The van der Waals surface area contributed by atoms with E-state index in [1.165, 1.54) is 7.11 Å². The van der Waals surface area contributed by atoms with Crippen LogP contribution in [0, 0.1) is 0 Å². The molecule has 0 aliphatic rings. The van der Waals surface area contributed by atoms with Gasteiger partial charge in [0.25, 0.3) is 0 Å². The van der Waals surface area contributed by atoms with E-state index in [1.54, 1.807) is 25.3 Å². The Hall–Kier alpha value is -1.91. The fourth-order valence-corrected chi connectivity index (χ4v) is 1.29. The number of carbonyl (C=O) groups excluding carboxylic acids is 1. The first-order valence-electron chi connectivity index (χ1n) is 5.30. The Morgan fingerprint density at radius 1 is 1.35 bits per heavy atom. The zero-order chi connectivity index (χ0) is 12.7. The molecule has 1 aromatic rings. The highest BCUT2D eigenvalue weighted by Gasteiger charge is 2.03. The number of benzene rings is 1. The number of carbonyl (C=O) groups is 1. The summed E-state index contributed by atoms with van der Waals surface area (Å²) in [4.78, 5) is 10.9. The van der Waals surface area contributed by atoms with Gasteiger partial charge in [-0.2, -0.15) is 0 Å². The molecule has 0 unspecified atom stereocenters. The average Bonchev–Trinajstić information content (AvgIpc) is 2.35. The smallest absolute Gasteiger partial charge is 0.305 e. The van der Waals surface area contributed by atoms with Crippen LogP contribution in [0.1, 0.15) is 12.8 Å². The Morgan fingerprint density at radius 3 is 2.71 bits per heavy atom. The molecule has 0 fully saturated rings. The van der Waals surface area contributed by atoms with Crippen molar-refractivity contribution in [1.82, 2.24) is 0 Å². The number of hydrogen-bond acceptors (Lipinski definition) is 5. The largest absolute Gasteiger partial charge is 0.497 e. The molecule has 5 heteroatoms. The average molecular weight is 239 g/mol. The lowest BCUT2D eigenvalue weighted by Crippen LogP contribution is -2.05. The number of hydrogen-bond donors (Lipinski definition) is 1. The first-order chi connectivity index (χ1) is 8.17. The van der Waals surface area contributed by atoms with Gasteiger partial charge in [0.05, 0.1) is 26.5 Å². The Labute approximate surface area is 100 Å². The summed E-state index contributed by atoms with van der Waals surface area (Å²) >= 11 is 0. The van der Waals surface area contributed by atoms with Crippen molar-refractivity contribution in [3.8, 4) is 11.5 Å². The number of nitrogen functional groups attached to an aromatic ring is 1. The number of anilines is 1. The van der Waals surface area contributed by atoms with Crippen LogP contribution in [-0.2, 0) is 9.53 Å². The molecule has 1 aromatic carbocycles. The van der Waals surface area contributed by atoms with Crippen molar-refractivity contribution in [3.63, 3.8) is 0 Å². The van der Waals surface area contributed by atoms with Gasteiger partial charge in [-0.3, -0.25) is 4.79 Å². The van der Waals surface area contributed by atoms with Crippen LogP contribution in [0.3, 0.4) is 0 Å². The molecule has 0 bridgehead atoms. The highest BCUT2D eigenvalue weighted by Crippen LogP contribution is 2.26. The van der Waals surface area contributed by atoms with E-state index in [0.717, 1.165) is 0 Å². The molecule has 0 radical (unpaired) electrons. The van der Waals surface area contributed by atoms with Crippen molar-refractivity contribution in [1.29, 1.82) is 0 Å². The van der Waals surface area contributed by atoms with Crippen LogP contribution >= 0.6 is 0 Å². The van der Waals surface area contributed by atoms with Gasteiger partial charge in [0.15, 0.2) is 0 Å². The number of methoxy groups -OCH3 is 2. The summed E-state index contributed by atoms with van der Waals surface area (Å²) in [6, 6.07) is 5.20. The van der Waals surface area contributed by atoms with Gasteiger partial charge < -0.3 is 19.9 Å². The number of nitrogens with two attached hydrogens (primary N) is 1. The Balaban J connectivity index is 2.39. The summed E-state index contributed by atoms with van der Waals surface area (Å²) in [6.45, 7) is 0.422. The second-order valence-electron chi connectivity index (χ2n) is 3.43. The molecule has 0 saturated carbocycles. The molecule has 0 aliphatic carbocycles. The molecule has 94 valence electrons. The van der Waals surface area contributed by atoms with Crippen LogP contribution in [0.2, 0.25) is 0 Å². The summed E-state index contributed by atoms with van der Waals surface area (Å²) in [5.74, 6) is 1.04. The van der Waals surface area contributed by atoms with Gasteiger partial charge in [-0.25, -0.2) is 0 Å². The van der Waals surface area contributed by atoms with Gasteiger partial charge in [0.2, 0.25) is 0 Å². The predicted molar refractivity (Wildman–Crippen MR) is 64.2 cm³/mol.